The highest BCUT2D eigenvalue weighted by Gasteiger charge is 2.39. The maximum Gasteiger partial charge on any atom is 0.141 e. The Bertz CT molecular complexity index is 406. The van der Waals surface area contributed by atoms with Crippen molar-refractivity contribution in [3.63, 3.8) is 0 Å². The van der Waals surface area contributed by atoms with E-state index in [1.54, 1.807) is 12.1 Å². The third-order valence-corrected chi connectivity index (χ3v) is 3.77. The van der Waals surface area contributed by atoms with E-state index in [4.69, 9.17) is 17.3 Å². The molecule has 0 amide bonds. The van der Waals surface area contributed by atoms with Gasteiger partial charge in [0, 0.05) is 23.8 Å². The van der Waals surface area contributed by atoms with Crippen LogP contribution in [0, 0.1) is 5.82 Å². The van der Waals surface area contributed by atoms with Crippen molar-refractivity contribution >= 4 is 17.3 Å². The molecule has 4 heteroatoms. The summed E-state index contributed by atoms with van der Waals surface area (Å²) in [4.78, 5) is 2.18. The van der Waals surface area contributed by atoms with Gasteiger partial charge in [-0.2, -0.15) is 0 Å². The minimum atomic E-state index is -0.383. The summed E-state index contributed by atoms with van der Waals surface area (Å²) >= 11 is 5.79. The maximum absolute atomic E-state index is 13.1. The molecule has 88 valence electrons. The predicted octanol–water partition coefficient (Wildman–Crippen LogP) is 2.80. The summed E-state index contributed by atoms with van der Waals surface area (Å²) < 4.78 is 13.1. The zero-order chi connectivity index (χ0) is 11.9. The van der Waals surface area contributed by atoms with Gasteiger partial charge in [-0.25, -0.2) is 4.39 Å². The molecule has 0 radical (unpaired) electrons. The van der Waals surface area contributed by atoms with E-state index in [1.165, 1.54) is 6.07 Å². The lowest BCUT2D eigenvalue weighted by atomic mass is 9.96. The summed E-state index contributed by atoms with van der Waals surface area (Å²) in [6, 6.07) is 4.95. The summed E-state index contributed by atoms with van der Waals surface area (Å²) in [5, 5.41) is 0.161. The molecule has 0 spiro atoms. The first kappa shape index (κ1) is 11.7. The van der Waals surface area contributed by atoms with Crippen molar-refractivity contribution in [2.45, 2.75) is 31.8 Å². The van der Waals surface area contributed by atoms with Crippen LogP contribution < -0.4 is 10.6 Å². The van der Waals surface area contributed by atoms with E-state index >= 15 is 0 Å². The molecule has 1 unspecified atom stereocenters. The average Bonchev–Trinajstić information content (AvgIpc) is 2.47. The van der Waals surface area contributed by atoms with Gasteiger partial charge in [0.05, 0.1) is 5.02 Å². The molecule has 2 nitrogen and oxygen atoms in total. The highest BCUT2D eigenvalue weighted by atomic mass is 35.5. The molecule has 0 aliphatic carbocycles. The SMILES string of the molecule is CC1(C)C(N)CCN1c1ccc(F)c(Cl)c1. The summed E-state index contributed by atoms with van der Waals surface area (Å²) in [5.41, 5.74) is 6.88. The van der Waals surface area contributed by atoms with Gasteiger partial charge in [0.25, 0.3) is 0 Å². The fraction of sp³-hybridized carbons (Fsp3) is 0.500. The van der Waals surface area contributed by atoms with Crippen LogP contribution in [0.1, 0.15) is 20.3 Å². The maximum atomic E-state index is 13.1. The van der Waals surface area contributed by atoms with Crippen LogP contribution in [0.25, 0.3) is 0 Å². The average molecular weight is 243 g/mol. The highest BCUT2D eigenvalue weighted by Crippen LogP contribution is 2.34. The summed E-state index contributed by atoms with van der Waals surface area (Å²) in [5.74, 6) is -0.383. The van der Waals surface area contributed by atoms with Crippen LogP contribution in [0.3, 0.4) is 0 Å². The second kappa shape index (κ2) is 3.90. The molecule has 1 aliphatic heterocycles. The number of nitrogens with zero attached hydrogens (tertiary/aromatic N) is 1. The fourth-order valence-corrected chi connectivity index (χ4v) is 2.40. The van der Waals surface area contributed by atoms with E-state index in [9.17, 15) is 4.39 Å². The number of nitrogens with two attached hydrogens (primary N) is 1. The Labute approximate surface area is 100 Å². The Morgan fingerprint density at radius 1 is 1.50 bits per heavy atom. The van der Waals surface area contributed by atoms with Crippen molar-refractivity contribution < 1.29 is 4.39 Å². The van der Waals surface area contributed by atoms with E-state index in [2.05, 4.69) is 18.7 Å². The number of benzene rings is 1. The van der Waals surface area contributed by atoms with Crippen molar-refractivity contribution in [1.82, 2.24) is 0 Å². The molecular formula is C12H16ClFN2. The van der Waals surface area contributed by atoms with Crippen molar-refractivity contribution in [2.75, 3.05) is 11.4 Å². The van der Waals surface area contributed by atoms with Crippen LogP contribution in [-0.2, 0) is 0 Å². The van der Waals surface area contributed by atoms with Crippen LogP contribution in [-0.4, -0.2) is 18.1 Å². The standard InChI is InChI=1S/C12H16ClFN2/c1-12(2)11(15)5-6-16(12)8-3-4-10(14)9(13)7-8/h3-4,7,11H,5-6,15H2,1-2H3. The highest BCUT2D eigenvalue weighted by molar-refractivity contribution is 6.31. The Kier molecular flexibility index (Phi) is 2.84. The smallest absolute Gasteiger partial charge is 0.141 e. The quantitative estimate of drug-likeness (QED) is 0.821. The normalized spacial score (nSPS) is 23.8. The number of halogens is 2. The molecule has 0 bridgehead atoms. The van der Waals surface area contributed by atoms with Gasteiger partial charge in [-0.1, -0.05) is 11.6 Å². The summed E-state index contributed by atoms with van der Waals surface area (Å²) in [7, 11) is 0. The number of anilines is 1. The third-order valence-electron chi connectivity index (χ3n) is 3.48. The van der Waals surface area contributed by atoms with Gasteiger partial charge in [-0.05, 0) is 38.5 Å². The molecule has 16 heavy (non-hydrogen) atoms. The van der Waals surface area contributed by atoms with E-state index in [1.807, 2.05) is 0 Å². The second-order valence-electron chi connectivity index (χ2n) is 4.80. The Morgan fingerprint density at radius 2 is 2.19 bits per heavy atom. The Hall–Kier alpha value is -0.800. The first-order valence-corrected chi connectivity index (χ1v) is 5.79. The molecule has 0 saturated carbocycles. The van der Waals surface area contributed by atoms with Gasteiger partial charge in [-0.3, -0.25) is 0 Å². The largest absolute Gasteiger partial charge is 0.365 e. The zero-order valence-corrected chi connectivity index (χ0v) is 10.3. The van der Waals surface area contributed by atoms with Crippen LogP contribution in [0.5, 0.6) is 0 Å². The number of hydrogen-bond donors (Lipinski definition) is 1. The molecular weight excluding hydrogens is 227 g/mol. The molecule has 1 atom stereocenters. The van der Waals surface area contributed by atoms with Gasteiger partial charge in [-0.15, -0.1) is 0 Å². The minimum Gasteiger partial charge on any atom is -0.365 e. The van der Waals surface area contributed by atoms with Crippen molar-refractivity contribution in [1.29, 1.82) is 0 Å². The third kappa shape index (κ3) is 1.78. The van der Waals surface area contributed by atoms with Crippen LogP contribution in [0.15, 0.2) is 18.2 Å². The topological polar surface area (TPSA) is 29.3 Å². The van der Waals surface area contributed by atoms with E-state index < -0.39 is 0 Å². The molecule has 0 aromatic heterocycles. The van der Waals surface area contributed by atoms with Crippen LogP contribution in [0.2, 0.25) is 5.02 Å². The lowest BCUT2D eigenvalue weighted by Gasteiger charge is -2.36. The van der Waals surface area contributed by atoms with Crippen molar-refractivity contribution in [2.24, 2.45) is 5.73 Å². The zero-order valence-electron chi connectivity index (χ0n) is 9.50. The molecule has 2 N–H and O–H groups in total. The summed E-state index contributed by atoms with van der Waals surface area (Å²) in [6.45, 7) is 5.08. The van der Waals surface area contributed by atoms with Gasteiger partial charge in [0.1, 0.15) is 5.82 Å². The number of hydrogen-bond acceptors (Lipinski definition) is 2. The first-order chi connectivity index (χ1) is 7.43. The van der Waals surface area contributed by atoms with E-state index in [-0.39, 0.29) is 22.4 Å². The molecule has 1 aromatic carbocycles. The van der Waals surface area contributed by atoms with Crippen LogP contribution >= 0.6 is 11.6 Å². The predicted molar refractivity (Wildman–Crippen MR) is 65.4 cm³/mol. The van der Waals surface area contributed by atoms with Crippen molar-refractivity contribution in [3.05, 3.63) is 29.0 Å². The number of rotatable bonds is 1. The fourth-order valence-electron chi connectivity index (χ4n) is 2.22. The Balaban J connectivity index is 2.35. The molecule has 1 fully saturated rings. The molecule has 2 rings (SSSR count). The molecule has 1 heterocycles. The van der Waals surface area contributed by atoms with Crippen molar-refractivity contribution in [3.8, 4) is 0 Å². The second-order valence-corrected chi connectivity index (χ2v) is 5.21. The Morgan fingerprint density at radius 3 is 2.69 bits per heavy atom. The van der Waals surface area contributed by atoms with E-state index in [0.717, 1.165) is 18.7 Å². The molecule has 1 saturated heterocycles. The lowest BCUT2D eigenvalue weighted by Crippen LogP contribution is -2.48. The first-order valence-electron chi connectivity index (χ1n) is 5.41. The van der Waals surface area contributed by atoms with Gasteiger partial charge in [0.15, 0.2) is 0 Å². The molecule has 1 aromatic rings. The van der Waals surface area contributed by atoms with Crippen LogP contribution in [0.4, 0.5) is 10.1 Å². The lowest BCUT2D eigenvalue weighted by molar-refractivity contribution is 0.453. The van der Waals surface area contributed by atoms with Gasteiger partial charge < -0.3 is 10.6 Å². The molecule has 1 aliphatic rings. The summed E-state index contributed by atoms with van der Waals surface area (Å²) in [6.07, 6.45) is 0.946. The monoisotopic (exact) mass is 242 g/mol. The minimum absolute atomic E-state index is 0.110. The van der Waals surface area contributed by atoms with Gasteiger partial charge in [0.2, 0.25) is 0 Å². The van der Waals surface area contributed by atoms with E-state index in [0.29, 0.717) is 0 Å². The van der Waals surface area contributed by atoms with Gasteiger partial charge >= 0.3 is 0 Å².